The lowest BCUT2D eigenvalue weighted by Gasteiger charge is -2.13. The molecule has 28 heavy (non-hydrogen) atoms. The largest absolute Gasteiger partial charge is 0.279 e. The van der Waals surface area contributed by atoms with Crippen LogP contribution in [-0.4, -0.2) is 13.4 Å². The Kier molecular flexibility index (Phi) is 4.69. The summed E-state index contributed by atoms with van der Waals surface area (Å²) in [5.41, 5.74) is 5.01. The number of anilines is 1. The minimum atomic E-state index is -3.65. The lowest BCUT2D eigenvalue weighted by atomic mass is 10.1. The highest BCUT2D eigenvalue weighted by atomic mass is 32.2. The monoisotopic (exact) mass is 408 g/mol. The van der Waals surface area contributed by atoms with Gasteiger partial charge in [0.2, 0.25) is 0 Å². The first-order valence-corrected chi connectivity index (χ1v) is 11.2. The number of fused-ring (bicyclic) bond motifs is 1. The van der Waals surface area contributed by atoms with Gasteiger partial charge in [-0.25, -0.2) is 13.4 Å². The number of aromatic nitrogens is 1. The molecule has 0 radical (unpaired) electrons. The molecular weight excluding hydrogens is 388 g/mol. The standard InChI is InChI=1S/C22H20N2O2S2/c1-14-8-9-15(2)21(12-14)28(25,26)24-18-11-10-17(13-16(18)3)22-23-19-6-4-5-7-20(19)27-22/h4-13,24H,1-3H3. The molecule has 1 aromatic heterocycles. The number of aryl methyl sites for hydroxylation is 3. The summed E-state index contributed by atoms with van der Waals surface area (Å²) in [5.74, 6) is 0. The van der Waals surface area contributed by atoms with Gasteiger partial charge >= 0.3 is 0 Å². The normalized spacial score (nSPS) is 11.7. The van der Waals surface area contributed by atoms with E-state index in [0.29, 0.717) is 10.6 Å². The molecule has 142 valence electrons. The van der Waals surface area contributed by atoms with Gasteiger partial charge in [0.05, 0.1) is 20.8 Å². The average Bonchev–Trinajstić information content (AvgIpc) is 3.09. The van der Waals surface area contributed by atoms with E-state index in [0.717, 1.165) is 37.5 Å². The van der Waals surface area contributed by atoms with Crippen molar-refractivity contribution in [1.82, 2.24) is 4.98 Å². The van der Waals surface area contributed by atoms with Gasteiger partial charge in [-0.1, -0.05) is 24.3 Å². The van der Waals surface area contributed by atoms with Gasteiger partial charge in [0, 0.05) is 5.56 Å². The van der Waals surface area contributed by atoms with E-state index in [-0.39, 0.29) is 0 Å². The van der Waals surface area contributed by atoms with Crippen LogP contribution in [0.25, 0.3) is 20.8 Å². The highest BCUT2D eigenvalue weighted by molar-refractivity contribution is 7.92. The molecular formula is C22H20N2O2S2. The topological polar surface area (TPSA) is 59.1 Å². The van der Waals surface area contributed by atoms with Crippen LogP contribution in [0.5, 0.6) is 0 Å². The van der Waals surface area contributed by atoms with E-state index in [1.807, 2.05) is 56.3 Å². The minimum Gasteiger partial charge on any atom is -0.279 e. The average molecular weight is 409 g/mol. The van der Waals surface area contributed by atoms with Crippen LogP contribution in [-0.2, 0) is 10.0 Å². The van der Waals surface area contributed by atoms with Crippen LogP contribution in [0.2, 0.25) is 0 Å². The molecule has 4 nitrogen and oxygen atoms in total. The Morgan fingerprint density at radius 3 is 2.43 bits per heavy atom. The summed E-state index contributed by atoms with van der Waals surface area (Å²) in [5, 5.41) is 0.924. The smallest absolute Gasteiger partial charge is 0.262 e. The lowest BCUT2D eigenvalue weighted by Crippen LogP contribution is -2.15. The minimum absolute atomic E-state index is 0.308. The van der Waals surface area contributed by atoms with Gasteiger partial charge in [0.1, 0.15) is 5.01 Å². The molecule has 0 aliphatic rings. The summed E-state index contributed by atoms with van der Waals surface area (Å²) in [6.07, 6.45) is 0. The second kappa shape index (κ2) is 7.04. The van der Waals surface area contributed by atoms with Crippen LogP contribution in [0.3, 0.4) is 0 Å². The SMILES string of the molecule is Cc1ccc(C)c(S(=O)(=O)Nc2ccc(-c3nc4ccccc4s3)cc2C)c1. The van der Waals surface area contributed by atoms with Gasteiger partial charge in [-0.3, -0.25) is 4.72 Å². The fourth-order valence-electron chi connectivity index (χ4n) is 3.10. The first-order valence-electron chi connectivity index (χ1n) is 8.90. The molecule has 0 spiro atoms. The summed E-state index contributed by atoms with van der Waals surface area (Å²) in [7, 11) is -3.65. The highest BCUT2D eigenvalue weighted by Gasteiger charge is 2.18. The van der Waals surface area contributed by atoms with Gasteiger partial charge in [0.25, 0.3) is 10.0 Å². The predicted molar refractivity (Wildman–Crippen MR) is 117 cm³/mol. The van der Waals surface area contributed by atoms with Crippen molar-refractivity contribution in [2.45, 2.75) is 25.7 Å². The third kappa shape index (κ3) is 3.53. The fraction of sp³-hybridized carbons (Fsp3) is 0.136. The predicted octanol–water partition coefficient (Wildman–Crippen LogP) is 5.69. The van der Waals surface area contributed by atoms with Gasteiger partial charge in [-0.15, -0.1) is 11.3 Å². The second-order valence-corrected chi connectivity index (χ2v) is 9.57. The van der Waals surface area contributed by atoms with Crippen LogP contribution >= 0.6 is 11.3 Å². The number of sulfonamides is 1. The Bertz CT molecular complexity index is 1260. The van der Waals surface area contributed by atoms with E-state index in [1.165, 1.54) is 0 Å². The van der Waals surface area contributed by atoms with Crippen molar-refractivity contribution in [3.63, 3.8) is 0 Å². The Hall–Kier alpha value is -2.70. The van der Waals surface area contributed by atoms with Gasteiger partial charge < -0.3 is 0 Å². The number of nitrogens with zero attached hydrogens (tertiary/aromatic N) is 1. The molecule has 0 fully saturated rings. The van der Waals surface area contributed by atoms with Crippen molar-refractivity contribution in [3.8, 4) is 10.6 Å². The Labute approximate surface area is 168 Å². The van der Waals surface area contributed by atoms with E-state index >= 15 is 0 Å². The van der Waals surface area contributed by atoms with Crippen molar-refractivity contribution < 1.29 is 8.42 Å². The summed E-state index contributed by atoms with van der Waals surface area (Å²) in [6, 6.07) is 19.1. The van der Waals surface area contributed by atoms with Crippen molar-refractivity contribution in [1.29, 1.82) is 0 Å². The number of hydrogen-bond donors (Lipinski definition) is 1. The number of rotatable bonds is 4. The molecule has 4 rings (SSSR count). The number of hydrogen-bond acceptors (Lipinski definition) is 4. The van der Waals surface area contributed by atoms with Gasteiger partial charge in [-0.2, -0.15) is 0 Å². The second-order valence-electron chi connectivity index (χ2n) is 6.89. The van der Waals surface area contributed by atoms with Crippen LogP contribution in [0.1, 0.15) is 16.7 Å². The third-order valence-corrected chi connectivity index (χ3v) is 7.24. The molecule has 4 aromatic rings. The molecule has 3 aromatic carbocycles. The molecule has 0 aliphatic carbocycles. The van der Waals surface area contributed by atoms with Crippen molar-refractivity contribution in [2.24, 2.45) is 0 Å². The van der Waals surface area contributed by atoms with Crippen LogP contribution in [0, 0.1) is 20.8 Å². The Balaban J connectivity index is 1.67. The van der Waals surface area contributed by atoms with E-state index in [1.54, 1.807) is 30.4 Å². The Morgan fingerprint density at radius 1 is 0.893 bits per heavy atom. The zero-order chi connectivity index (χ0) is 19.9. The summed E-state index contributed by atoms with van der Waals surface area (Å²) >= 11 is 1.63. The van der Waals surface area contributed by atoms with E-state index in [9.17, 15) is 8.42 Å². The molecule has 6 heteroatoms. The number of nitrogens with one attached hydrogen (secondary N) is 1. The van der Waals surface area contributed by atoms with Crippen molar-refractivity contribution in [3.05, 3.63) is 77.4 Å². The summed E-state index contributed by atoms with van der Waals surface area (Å²) in [4.78, 5) is 4.98. The first-order chi connectivity index (χ1) is 13.3. The molecule has 0 saturated carbocycles. The number of para-hydroxylation sites is 1. The van der Waals surface area contributed by atoms with Crippen LogP contribution in [0.15, 0.2) is 65.6 Å². The number of thiazole rings is 1. The van der Waals surface area contributed by atoms with Crippen LogP contribution < -0.4 is 4.72 Å². The van der Waals surface area contributed by atoms with E-state index in [4.69, 9.17) is 0 Å². The molecule has 1 heterocycles. The molecule has 1 N–H and O–H groups in total. The molecule has 0 atom stereocenters. The molecule has 0 unspecified atom stereocenters. The molecule has 0 aliphatic heterocycles. The van der Waals surface area contributed by atoms with Gasteiger partial charge in [0.15, 0.2) is 0 Å². The maximum Gasteiger partial charge on any atom is 0.262 e. The fourth-order valence-corrected chi connectivity index (χ4v) is 5.53. The summed E-state index contributed by atoms with van der Waals surface area (Å²) < 4.78 is 29.6. The Morgan fingerprint density at radius 2 is 1.68 bits per heavy atom. The van der Waals surface area contributed by atoms with Gasteiger partial charge in [-0.05, 0) is 73.9 Å². The third-order valence-electron chi connectivity index (χ3n) is 4.64. The molecule has 0 bridgehead atoms. The van der Waals surface area contributed by atoms with E-state index < -0.39 is 10.0 Å². The quantitative estimate of drug-likeness (QED) is 0.472. The number of benzene rings is 3. The zero-order valence-electron chi connectivity index (χ0n) is 15.9. The molecule has 0 amide bonds. The van der Waals surface area contributed by atoms with Crippen molar-refractivity contribution in [2.75, 3.05) is 4.72 Å². The lowest BCUT2D eigenvalue weighted by molar-refractivity contribution is 0.600. The zero-order valence-corrected chi connectivity index (χ0v) is 17.5. The van der Waals surface area contributed by atoms with E-state index in [2.05, 4.69) is 15.8 Å². The highest BCUT2D eigenvalue weighted by Crippen LogP contribution is 2.32. The van der Waals surface area contributed by atoms with Crippen LogP contribution in [0.4, 0.5) is 5.69 Å². The first kappa shape index (κ1) is 18.7. The summed E-state index contributed by atoms with van der Waals surface area (Å²) in [6.45, 7) is 5.59. The maximum absolute atomic E-state index is 12.9. The maximum atomic E-state index is 12.9. The molecule has 0 saturated heterocycles. The van der Waals surface area contributed by atoms with Crippen molar-refractivity contribution >= 4 is 37.3 Å².